The van der Waals surface area contributed by atoms with E-state index in [1.165, 1.54) is 5.56 Å². The Labute approximate surface area is 140 Å². The number of fused-ring (bicyclic) bond motifs is 1. The Morgan fingerprint density at radius 2 is 1.88 bits per heavy atom. The Balaban J connectivity index is 1.78. The van der Waals surface area contributed by atoms with E-state index >= 15 is 0 Å². The van der Waals surface area contributed by atoms with Gasteiger partial charge in [-0.05, 0) is 29.5 Å². The maximum atomic E-state index is 12.7. The molecule has 0 saturated carbocycles. The average Bonchev–Trinajstić information content (AvgIpc) is 2.96. The summed E-state index contributed by atoms with van der Waals surface area (Å²) in [4.78, 5) is 25.5. The van der Waals surface area contributed by atoms with E-state index in [2.05, 4.69) is 31.0 Å². The number of rotatable bonds is 2. The minimum Gasteiger partial charge on any atom is -0.476 e. The van der Waals surface area contributed by atoms with E-state index in [-0.39, 0.29) is 17.0 Å². The third-order valence-electron chi connectivity index (χ3n) is 4.42. The Kier molecular flexibility index (Phi) is 3.91. The number of carboxylic acid groups (broad SMARTS) is 1. The van der Waals surface area contributed by atoms with Crippen LogP contribution in [0.1, 0.15) is 58.4 Å². The second kappa shape index (κ2) is 5.78. The molecule has 0 unspecified atom stereocenters. The van der Waals surface area contributed by atoms with Gasteiger partial charge in [-0.3, -0.25) is 9.89 Å². The number of hydrogen-bond acceptors (Lipinski definition) is 3. The van der Waals surface area contributed by atoms with Crippen LogP contribution in [0.5, 0.6) is 0 Å². The highest BCUT2D eigenvalue weighted by Crippen LogP contribution is 2.24. The van der Waals surface area contributed by atoms with Gasteiger partial charge in [0.15, 0.2) is 5.69 Å². The zero-order chi connectivity index (χ0) is 17.5. The summed E-state index contributed by atoms with van der Waals surface area (Å²) in [5.74, 6) is -1.09. The summed E-state index contributed by atoms with van der Waals surface area (Å²) >= 11 is 0. The maximum absolute atomic E-state index is 12.7. The van der Waals surface area contributed by atoms with E-state index < -0.39 is 5.97 Å². The third-order valence-corrected chi connectivity index (χ3v) is 4.42. The minimum absolute atomic E-state index is 0.0464. The molecule has 1 aromatic carbocycles. The van der Waals surface area contributed by atoms with Crippen molar-refractivity contribution in [2.75, 3.05) is 6.54 Å². The van der Waals surface area contributed by atoms with Crippen molar-refractivity contribution in [3.63, 3.8) is 0 Å². The van der Waals surface area contributed by atoms with Gasteiger partial charge in [0.05, 0.1) is 12.2 Å². The zero-order valence-corrected chi connectivity index (χ0v) is 14.1. The van der Waals surface area contributed by atoms with Gasteiger partial charge < -0.3 is 10.0 Å². The van der Waals surface area contributed by atoms with Crippen molar-refractivity contribution in [2.24, 2.45) is 0 Å². The van der Waals surface area contributed by atoms with Crippen LogP contribution in [-0.2, 0) is 18.4 Å². The lowest BCUT2D eigenvalue weighted by molar-refractivity contribution is 0.0689. The molecule has 0 bridgehead atoms. The Morgan fingerprint density at radius 3 is 2.46 bits per heavy atom. The number of nitrogens with one attached hydrogen (secondary N) is 1. The molecule has 24 heavy (non-hydrogen) atoms. The van der Waals surface area contributed by atoms with Gasteiger partial charge in [0.2, 0.25) is 0 Å². The monoisotopic (exact) mass is 327 g/mol. The number of carboxylic acids is 1. The van der Waals surface area contributed by atoms with Crippen molar-refractivity contribution in [3.8, 4) is 0 Å². The fourth-order valence-electron chi connectivity index (χ4n) is 2.96. The van der Waals surface area contributed by atoms with Crippen molar-refractivity contribution in [1.29, 1.82) is 0 Å². The van der Waals surface area contributed by atoms with Crippen LogP contribution in [0.2, 0.25) is 0 Å². The first kappa shape index (κ1) is 16.2. The molecule has 0 saturated heterocycles. The highest BCUT2D eigenvalue weighted by Gasteiger charge is 2.27. The smallest absolute Gasteiger partial charge is 0.356 e. The molecule has 126 valence electrons. The van der Waals surface area contributed by atoms with Gasteiger partial charge in [0.25, 0.3) is 5.91 Å². The summed E-state index contributed by atoms with van der Waals surface area (Å²) in [6.45, 7) is 7.25. The number of benzene rings is 1. The topological polar surface area (TPSA) is 86.3 Å². The van der Waals surface area contributed by atoms with Crippen LogP contribution in [0.3, 0.4) is 0 Å². The van der Waals surface area contributed by atoms with Crippen LogP contribution in [0.15, 0.2) is 24.3 Å². The van der Waals surface area contributed by atoms with Crippen LogP contribution in [0.25, 0.3) is 0 Å². The summed E-state index contributed by atoms with van der Waals surface area (Å²) in [6.07, 6.45) is 0.499. The predicted octanol–water partition coefficient (Wildman–Crippen LogP) is 2.60. The van der Waals surface area contributed by atoms with Gasteiger partial charge in [-0.15, -0.1) is 0 Å². The van der Waals surface area contributed by atoms with Crippen molar-refractivity contribution in [2.45, 2.75) is 39.2 Å². The molecule has 1 aromatic heterocycles. The van der Waals surface area contributed by atoms with E-state index in [4.69, 9.17) is 5.11 Å². The first-order chi connectivity index (χ1) is 11.3. The number of nitrogens with zero attached hydrogens (tertiary/aromatic N) is 2. The summed E-state index contributed by atoms with van der Waals surface area (Å²) in [5.41, 5.74) is 3.34. The molecule has 0 aliphatic carbocycles. The number of amides is 1. The molecule has 2 aromatic rings. The van der Waals surface area contributed by atoms with Crippen LogP contribution in [-0.4, -0.2) is 38.6 Å². The SMILES string of the molecule is CC(C)(C)c1ccc(C(=O)N2CCc3c(C(=O)O)n[nH]c3C2)cc1. The Morgan fingerprint density at radius 1 is 1.21 bits per heavy atom. The largest absolute Gasteiger partial charge is 0.476 e. The quantitative estimate of drug-likeness (QED) is 0.888. The van der Waals surface area contributed by atoms with Crippen LogP contribution >= 0.6 is 0 Å². The van der Waals surface area contributed by atoms with E-state index in [0.717, 1.165) is 0 Å². The molecule has 0 fully saturated rings. The fraction of sp³-hybridized carbons (Fsp3) is 0.389. The lowest BCUT2D eigenvalue weighted by Crippen LogP contribution is -2.36. The first-order valence-electron chi connectivity index (χ1n) is 7.96. The van der Waals surface area contributed by atoms with E-state index in [1.54, 1.807) is 4.90 Å². The highest BCUT2D eigenvalue weighted by molar-refractivity contribution is 5.94. The Bertz CT molecular complexity index is 785. The number of H-pyrrole nitrogens is 1. The molecule has 1 aliphatic heterocycles. The number of aromatic amines is 1. The van der Waals surface area contributed by atoms with Crippen molar-refractivity contribution in [1.82, 2.24) is 15.1 Å². The molecule has 0 radical (unpaired) electrons. The van der Waals surface area contributed by atoms with E-state index in [0.29, 0.717) is 36.3 Å². The van der Waals surface area contributed by atoms with Crippen LogP contribution < -0.4 is 0 Å². The van der Waals surface area contributed by atoms with Gasteiger partial charge in [0.1, 0.15) is 0 Å². The molecule has 2 heterocycles. The van der Waals surface area contributed by atoms with Crippen LogP contribution in [0.4, 0.5) is 0 Å². The molecule has 1 aliphatic rings. The second-order valence-corrected chi connectivity index (χ2v) is 7.14. The fourth-order valence-corrected chi connectivity index (χ4v) is 2.96. The van der Waals surface area contributed by atoms with Gasteiger partial charge in [-0.2, -0.15) is 5.10 Å². The van der Waals surface area contributed by atoms with Crippen molar-refractivity contribution < 1.29 is 14.7 Å². The van der Waals surface area contributed by atoms with Gasteiger partial charge in [-0.1, -0.05) is 32.9 Å². The normalized spacial score (nSPS) is 14.4. The molecule has 2 N–H and O–H groups in total. The molecule has 0 atom stereocenters. The van der Waals surface area contributed by atoms with Crippen LogP contribution in [0, 0.1) is 0 Å². The third kappa shape index (κ3) is 2.91. The number of aromatic nitrogens is 2. The number of aromatic carboxylic acids is 1. The van der Waals surface area contributed by atoms with Crippen molar-refractivity contribution >= 4 is 11.9 Å². The van der Waals surface area contributed by atoms with E-state index in [1.807, 2.05) is 24.3 Å². The number of carbonyl (C=O) groups excluding carboxylic acids is 1. The predicted molar refractivity (Wildman–Crippen MR) is 89.1 cm³/mol. The molecular weight excluding hydrogens is 306 g/mol. The molecule has 1 amide bonds. The molecule has 6 nitrogen and oxygen atoms in total. The molecule has 6 heteroatoms. The average molecular weight is 327 g/mol. The highest BCUT2D eigenvalue weighted by atomic mass is 16.4. The van der Waals surface area contributed by atoms with Gasteiger partial charge >= 0.3 is 5.97 Å². The Hall–Kier alpha value is -2.63. The summed E-state index contributed by atoms with van der Waals surface area (Å²) in [6, 6.07) is 7.69. The molecule has 0 spiro atoms. The van der Waals surface area contributed by atoms with Crippen molar-refractivity contribution in [3.05, 3.63) is 52.3 Å². The number of hydrogen-bond donors (Lipinski definition) is 2. The summed E-state index contributed by atoms with van der Waals surface area (Å²) in [5, 5.41) is 15.7. The second-order valence-electron chi connectivity index (χ2n) is 7.14. The molecular formula is C18H21N3O3. The standard InChI is InChI=1S/C18H21N3O3/c1-18(2,3)12-6-4-11(5-7-12)16(22)21-9-8-13-14(10-21)19-20-15(13)17(23)24/h4-7H,8-10H2,1-3H3,(H,19,20)(H,23,24). The summed E-state index contributed by atoms with van der Waals surface area (Å²) < 4.78 is 0. The lowest BCUT2D eigenvalue weighted by Gasteiger charge is -2.27. The first-order valence-corrected chi connectivity index (χ1v) is 7.96. The molecule has 3 rings (SSSR count). The zero-order valence-electron chi connectivity index (χ0n) is 14.1. The summed E-state index contributed by atoms with van der Waals surface area (Å²) in [7, 11) is 0. The van der Waals surface area contributed by atoms with E-state index in [9.17, 15) is 9.59 Å². The van der Waals surface area contributed by atoms with Gasteiger partial charge in [0, 0.05) is 17.7 Å². The minimum atomic E-state index is -1.04. The van der Waals surface area contributed by atoms with Gasteiger partial charge in [-0.25, -0.2) is 4.79 Å². The lowest BCUT2D eigenvalue weighted by atomic mass is 9.86. The maximum Gasteiger partial charge on any atom is 0.356 e. The number of carbonyl (C=O) groups is 2.